The number of carbonyl (C=O) groups is 1. The summed E-state index contributed by atoms with van der Waals surface area (Å²) in [5.41, 5.74) is 3.04. The summed E-state index contributed by atoms with van der Waals surface area (Å²) in [6.45, 7) is 4.28. The lowest BCUT2D eigenvalue weighted by Gasteiger charge is -2.11. The number of methoxy groups -OCH3 is 1. The molecule has 0 spiro atoms. The maximum Gasteiger partial charge on any atom is 0.341 e. The number of aromatic nitrogens is 5. The standard InChI is InChI=1S/C19H19N5O3/c1-10(2)6-16-20-14-5-4-11(7-15(14)21-16)24-8-12-17(22-23-18(12)25)13(9-24)19(26)27-3/h4-5,7-10H,6H2,1-3H3,(H,20,21)(H,23,25). The molecule has 2 aromatic rings. The van der Waals surface area contributed by atoms with Crippen LogP contribution < -0.4 is 5.56 Å². The number of rotatable bonds is 4. The number of benzene rings is 1. The van der Waals surface area contributed by atoms with Gasteiger partial charge >= 0.3 is 5.97 Å². The zero-order valence-corrected chi connectivity index (χ0v) is 15.2. The number of fused-ring (bicyclic) bond motifs is 2. The van der Waals surface area contributed by atoms with Crippen molar-refractivity contribution in [2.45, 2.75) is 20.3 Å². The Morgan fingerprint density at radius 2 is 2.11 bits per heavy atom. The van der Waals surface area contributed by atoms with Crippen LogP contribution in [0.4, 0.5) is 0 Å². The van der Waals surface area contributed by atoms with Crippen molar-refractivity contribution in [3.05, 3.63) is 52.3 Å². The van der Waals surface area contributed by atoms with E-state index in [0.29, 0.717) is 17.2 Å². The molecule has 0 bridgehead atoms. The Morgan fingerprint density at radius 1 is 1.30 bits per heavy atom. The number of hydrogen-bond acceptors (Lipinski definition) is 5. The lowest BCUT2D eigenvalue weighted by atomic mass is 10.1. The van der Waals surface area contributed by atoms with Gasteiger partial charge in [0.1, 0.15) is 17.1 Å². The average Bonchev–Trinajstić information content (AvgIpc) is 3.22. The minimum absolute atomic E-state index is 0.221. The minimum atomic E-state index is -0.553. The summed E-state index contributed by atoms with van der Waals surface area (Å²) < 4.78 is 6.55. The van der Waals surface area contributed by atoms with Crippen LogP contribution in [0, 0.1) is 5.92 Å². The fourth-order valence-corrected chi connectivity index (χ4v) is 3.14. The third-order valence-corrected chi connectivity index (χ3v) is 4.38. The van der Waals surface area contributed by atoms with Crippen LogP contribution in [0.25, 0.3) is 28.0 Å². The maximum atomic E-state index is 12.1. The first kappa shape index (κ1) is 17.0. The number of hydrogen-bond donors (Lipinski definition) is 2. The number of aromatic amines is 2. The van der Waals surface area contributed by atoms with Crippen LogP contribution >= 0.6 is 0 Å². The highest BCUT2D eigenvalue weighted by Crippen LogP contribution is 2.24. The molecule has 0 aliphatic carbocycles. The smallest absolute Gasteiger partial charge is 0.341 e. The lowest BCUT2D eigenvalue weighted by Crippen LogP contribution is -2.11. The Hall–Kier alpha value is -3.42. The first-order valence-corrected chi connectivity index (χ1v) is 8.64. The van der Waals surface area contributed by atoms with E-state index in [-0.39, 0.29) is 11.1 Å². The highest BCUT2D eigenvalue weighted by atomic mass is 16.5. The second-order valence-electron chi connectivity index (χ2n) is 6.87. The quantitative estimate of drug-likeness (QED) is 0.541. The van der Waals surface area contributed by atoms with Gasteiger partial charge in [0.15, 0.2) is 0 Å². The van der Waals surface area contributed by atoms with Crippen molar-refractivity contribution < 1.29 is 9.53 Å². The van der Waals surface area contributed by atoms with Crippen LogP contribution in [-0.4, -0.2) is 37.8 Å². The zero-order valence-electron chi connectivity index (χ0n) is 15.2. The molecule has 3 heterocycles. The van der Waals surface area contributed by atoms with Crippen molar-refractivity contribution in [3.8, 4) is 16.9 Å². The van der Waals surface area contributed by atoms with Gasteiger partial charge < -0.3 is 14.3 Å². The van der Waals surface area contributed by atoms with Crippen LogP contribution in [0.3, 0.4) is 0 Å². The van der Waals surface area contributed by atoms with Gasteiger partial charge in [0.25, 0.3) is 5.56 Å². The van der Waals surface area contributed by atoms with Gasteiger partial charge in [-0.1, -0.05) is 13.8 Å². The van der Waals surface area contributed by atoms with Gasteiger partial charge in [-0.05, 0) is 24.1 Å². The van der Waals surface area contributed by atoms with Crippen LogP contribution in [0.5, 0.6) is 0 Å². The van der Waals surface area contributed by atoms with Crippen molar-refractivity contribution in [1.82, 2.24) is 24.7 Å². The van der Waals surface area contributed by atoms with E-state index in [9.17, 15) is 9.59 Å². The molecule has 0 unspecified atom stereocenters. The number of ether oxygens (including phenoxy) is 1. The molecule has 0 fully saturated rings. The summed E-state index contributed by atoms with van der Waals surface area (Å²) in [6.07, 6.45) is 4.13. The minimum Gasteiger partial charge on any atom is -0.465 e. The summed E-state index contributed by atoms with van der Waals surface area (Å²) in [7, 11) is 1.29. The number of nitrogens with one attached hydrogen (secondary N) is 2. The Balaban J connectivity index is 1.86. The molecular weight excluding hydrogens is 346 g/mol. The van der Waals surface area contributed by atoms with Crippen molar-refractivity contribution in [2.24, 2.45) is 5.92 Å². The van der Waals surface area contributed by atoms with Gasteiger partial charge in [-0.15, -0.1) is 0 Å². The first-order valence-electron chi connectivity index (χ1n) is 8.64. The van der Waals surface area contributed by atoms with Gasteiger partial charge in [-0.3, -0.25) is 4.79 Å². The zero-order chi connectivity index (χ0) is 19.1. The van der Waals surface area contributed by atoms with Gasteiger partial charge in [0, 0.05) is 24.5 Å². The number of esters is 1. The van der Waals surface area contributed by atoms with Crippen LogP contribution in [0.1, 0.15) is 30.0 Å². The molecule has 0 atom stereocenters. The predicted molar refractivity (Wildman–Crippen MR) is 100 cm³/mol. The first-order chi connectivity index (χ1) is 13.0. The lowest BCUT2D eigenvalue weighted by molar-refractivity contribution is 0.0600. The number of H-pyrrole nitrogens is 2. The summed E-state index contributed by atoms with van der Waals surface area (Å²) in [4.78, 5) is 32.1. The monoisotopic (exact) mass is 365 g/mol. The molecule has 4 rings (SSSR count). The van der Waals surface area contributed by atoms with Gasteiger partial charge in [0.2, 0.25) is 0 Å². The highest BCUT2D eigenvalue weighted by Gasteiger charge is 2.22. The van der Waals surface area contributed by atoms with E-state index in [1.807, 2.05) is 18.2 Å². The number of nitrogens with zero attached hydrogens (tertiary/aromatic N) is 3. The van der Waals surface area contributed by atoms with Crippen LogP contribution in [0.15, 0.2) is 35.4 Å². The van der Waals surface area contributed by atoms with E-state index >= 15 is 0 Å². The van der Waals surface area contributed by atoms with E-state index in [0.717, 1.165) is 29.0 Å². The predicted octanol–water partition coefficient (Wildman–Crippen LogP) is 2.53. The molecule has 0 saturated carbocycles. The molecule has 0 radical (unpaired) electrons. The summed E-state index contributed by atoms with van der Waals surface area (Å²) in [6, 6.07) is 5.73. The van der Waals surface area contributed by atoms with E-state index in [1.165, 1.54) is 7.11 Å². The van der Waals surface area contributed by atoms with Gasteiger partial charge in [0.05, 0.1) is 23.7 Å². The summed E-state index contributed by atoms with van der Waals surface area (Å²) in [5, 5.41) is 6.32. The van der Waals surface area contributed by atoms with Gasteiger partial charge in [-0.25, -0.2) is 14.9 Å². The molecule has 8 nitrogen and oxygen atoms in total. The second-order valence-corrected chi connectivity index (χ2v) is 6.87. The third-order valence-electron chi connectivity index (χ3n) is 4.38. The van der Waals surface area contributed by atoms with E-state index in [2.05, 4.69) is 34.0 Å². The largest absolute Gasteiger partial charge is 0.465 e. The molecular formula is C19H19N5O3. The molecule has 0 amide bonds. The average molecular weight is 365 g/mol. The Bertz CT molecular complexity index is 1170. The van der Waals surface area contributed by atoms with Crippen molar-refractivity contribution in [2.75, 3.05) is 7.11 Å². The fraction of sp³-hybridized carbons (Fsp3) is 0.263. The molecule has 0 saturated heterocycles. The fourth-order valence-electron chi connectivity index (χ4n) is 3.14. The highest BCUT2D eigenvalue weighted by molar-refractivity contribution is 5.96. The summed E-state index contributed by atoms with van der Waals surface area (Å²) >= 11 is 0. The van der Waals surface area contributed by atoms with Crippen molar-refractivity contribution in [3.63, 3.8) is 0 Å². The topological polar surface area (TPSA) is 106 Å². The van der Waals surface area contributed by atoms with Crippen molar-refractivity contribution >= 4 is 17.0 Å². The van der Waals surface area contributed by atoms with E-state index in [1.54, 1.807) is 17.0 Å². The Morgan fingerprint density at radius 3 is 2.85 bits per heavy atom. The molecule has 27 heavy (non-hydrogen) atoms. The number of pyridine rings is 1. The molecule has 2 aliphatic rings. The SMILES string of the molecule is COC(=O)c1cn(-c2ccc3nc(CC(C)C)[nH]c3c2)cc2c(=O)[nH]nc1-2. The molecule has 1 aromatic heterocycles. The van der Waals surface area contributed by atoms with Gasteiger partial charge in [-0.2, -0.15) is 5.10 Å². The van der Waals surface area contributed by atoms with Crippen LogP contribution in [-0.2, 0) is 11.2 Å². The summed E-state index contributed by atoms with van der Waals surface area (Å²) in [5.74, 6) is 0.883. The molecule has 1 aromatic carbocycles. The third kappa shape index (κ3) is 2.99. The number of carbonyl (C=O) groups excluding carboxylic acids is 1. The van der Waals surface area contributed by atoms with E-state index in [4.69, 9.17) is 4.74 Å². The second kappa shape index (κ2) is 6.39. The number of imidazole rings is 1. The van der Waals surface area contributed by atoms with Crippen LogP contribution in [0.2, 0.25) is 0 Å². The molecule has 2 aliphatic heterocycles. The Labute approximate surface area is 154 Å². The normalized spacial score (nSPS) is 11.6. The van der Waals surface area contributed by atoms with E-state index < -0.39 is 5.97 Å². The molecule has 138 valence electrons. The maximum absolute atomic E-state index is 12.1. The Kier molecular flexibility index (Phi) is 4.02. The molecule has 2 N–H and O–H groups in total. The van der Waals surface area contributed by atoms with Crippen molar-refractivity contribution in [1.29, 1.82) is 0 Å². The molecule has 8 heteroatoms.